The molecule has 0 spiro atoms. The van der Waals surface area contributed by atoms with E-state index in [0.29, 0.717) is 29.9 Å². The number of piperazine rings is 1. The Morgan fingerprint density at radius 2 is 1.71 bits per heavy atom. The number of benzene rings is 1. The van der Waals surface area contributed by atoms with Gasteiger partial charge >= 0.3 is 0 Å². The van der Waals surface area contributed by atoms with Crippen LogP contribution < -0.4 is 5.32 Å². The molecule has 3 rings (SSSR count). The predicted octanol–water partition coefficient (Wildman–Crippen LogP) is 1.90. The normalized spacial score (nSPS) is 23.4. The Kier molecular flexibility index (Phi) is 6.67. The first-order chi connectivity index (χ1) is 11.0. The van der Waals surface area contributed by atoms with Crippen molar-refractivity contribution < 1.29 is 8.42 Å². The van der Waals surface area contributed by atoms with Crippen molar-refractivity contribution in [1.82, 2.24) is 14.5 Å². The van der Waals surface area contributed by atoms with Crippen LogP contribution in [-0.4, -0.2) is 62.9 Å². The third kappa shape index (κ3) is 4.11. The summed E-state index contributed by atoms with van der Waals surface area (Å²) in [5, 5.41) is 3.38. The van der Waals surface area contributed by atoms with E-state index in [9.17, 15) is 8.42 Å². The molecule has 0 amide bonds. The molecule has 1 aromatic rings. The molecule has 0 bridgehead atoms. The van der Waals surface area contributed by atoms with E-state index < -0.39 is 10.0 Å². The van der Waals surface area contributed by atoms with Gasteiger partial charge < -0.3 is 5.32 Å². The fourth-order valence-electron chi connectivity index (χ4n) is 3.43. The Hall–Kier alpha value is -0.660. The Morgan fingerprint density at radius 3 is 2.21 bits per heavy atom. The minimum atomic E-state index is -3.36. The van der Waals surface area contributed by atoms with Crippen LogP contribution in [0, 0.1) is 0 Å². The van der Waals surface area contributed by atoms with Gasteiger partial charge in [0.05, 0.1) is 4.90 Å². The molecule has 0 aliphatic carbocycles. The molecule has 2 aliphatic rings. The fourth-order valence-corrected chi connectivity index (χ4v) is 4.86. The molecule has 0 saturated carbocycles. The lowest BCUT2D eigenvalue weighted by molar-refractivity contribution is 0.145. The standard InChI is InChI=1S/C17H27N3O2S.ClH/c1-14(2)15-3-5-17(6-4-15)23(21,22)20-11-9-19(10-12-20)16-7-8-18-13-16;/h3-6,14,16,18H,7-13H2,1-2H3;1H. The highest BCUT2D eigenvalue weighted by Gasteiger charge is 2.31. The molecule has 2 aliphatic heterocycles. The summed E-state index contributed by atoms with van der Waals surface area (Å²) in [7, 11) is -3.36. The summed E-state index contributed by atoms with van der Waals surface area (Å²) in [6, 6.07) is 7.93. The summed E-state index contributed by atoms with van der Waals surface area (Å²) >= 11 is 0. The number of hydrogen-bond donors (Lipinski definition) is 1. The minimum Gasteiger partial charge on any atom is -0.315 e. The van der Waals surface area contributed by atoms with Crippen molar-refractivity contribution in [2.24, 2.45) is 0 Å². The maximum atomic E-state index is 12.8. The van der Waals surface area contributed by atoms with Crippen LogP contribution in [0.3, 0.4) is 0 Å². The van der Waals surface area contributed by atoms with Gasteiger partial charge in [-0.05, 0) is 36.6 Å². The van der Waals surface area contributed by atoms with Gasteiger partial charge in [0.2, 0.25) is 10.0 Å². The Balaban J connectivity index is 0.00000208. The smallest absolute Gasteiger partial charge is 0.243 e. The van der Waals surface area contributed by atoms with E-state index in [0.717, 1.165) is 26.2 Å². The second-order valence-corrected chi connectivity index (χ2v) is 8.75. The van der Waals surface area contributed by atoms with E-state index in [4.69, 9.17) is 0 Å². The second kappa shape index (κ2) is 8.15. The molecule has 1 atom stereocenters. The molecule has 136 valence electrons. The van der Waals surface area contributed by atoms with Crippen LogP contribution in [0.25, 0.3) is 0 Å². The molecular weight excluding hydrogens is 346 g/mol. The van der Waals surface area contributed by atoms with Gasteiger partial charge in [0, 0.05) is 38.8 Å². The summed E-state index contributed by atoms with van der Waals surface area (Å²) in [6.45, 7) is 9.16. The molecule has 1 N–H and O–H groups in total. The van der Waals surface area contributed by atoms with E-state index in [1.54, 1.807) is 16.4 Å². The van der Waals surface area contributed by atoms with Gasteiger partial charge in [-0.1, -0.05) is 26.0 Å². The van der Waals surface area contributed by atoms with Gasteiger partial charge in [0.1, 0.15) is 0 Å². The van der Waals surface area contributed by atoms with Gasteiger partial charge in [-0.15, -0.1) is 12.4 Å². The zero-order valence-electron chi connectivity index (χ0n) is 14.4. The lowest BCUT2D eigenvalue weighted by Gasteiger charge is -2.37. The Morgan fingerprint density at radius 1 is 1.08 bits per heavy atom. The van der Waals surface area contributed by atoms with Crippen LogP contribution in [0.4, 0.5) is 0 Å². The Bertz CT molecular complexity index is 620. The number of sulfonamides is 1. The predicted molar refractivity (Wildman–Crippen MR) is 99.4 cm³/mol. The Labute approximate surface area is 151 Å². The zero-order chi connectivity index (χ0) is 16.4. The quantitative estimate of drug-likeness (QED) is 0.875. The largest absolute Gasteiger partial charge is 0.315 e. The molecule has 5 nitrogen and oxygen atoms in total. The summed E-state index contributed by atoms with van der Waals surface area (Å²) in [6.07, 6.45) is 1.17. The SMILES string of the molecule is CC(C)c1ccc(S(=O)(=O)N2CCN(C3CCNC3)CC2)cc1.Cl. The first-order valence-corrected chi connectivity index (χ1v) is 9.97. The maximum absolute atomic E-state index is 12.8. The lowest BCUT2D eigenvalue weighted by atomic mass is 10.0. The van der Waals surface area contributed by atoms with Crippen LogP contribution in [0.5, 0.6) is 0 Å². The minimum absolute atomic E-state index is 0. The molecule has 2 saturated heterocycles. The summed E-state index contributed by atoms with van der Waals surface area (Å²) in [5.74, 6) is 0.412. The zero-order valence-corrected chi connectivity index (χ0v) is 16.1. The van der Waals surface area contributed by atoms with Gasteiger partial charge in [0.15, 0.2) is 0 Å². The van der Waals surface area contributed by atoms with Gasteiger partial charge in [-0.2, -0.15) is 4.31 Å². The van der Waals surface area contributed by atoms with Crippen molar-refractivity contribution in [3.8, 4) is 0 Å². The fraction of sp³-hybridized carbons (Fsp3) is 0.647. The highest BCUT2D eigenvalue weighted by atomic mass is 35.5. The van der Waals surface area contributed by atoms with Gasteiger partial charge in [-0.3, -0.25) is 4.90 Å². The van der Waals surface area contributed by atoms with E-state index in [2.05, 4.69) is 24.1 Å². The molecular formula is C17H28ClN3O2S. The first kappa shape index (κ1) is 19.7. The third-order valence-electron chi connectivity index (χ3n) is 5.01. The van der Waals surface area contributed by atoms with Crippen molar-refractivity contribution >= 4 is 22.4 Å². The van der Waals surface area contributed by atoms with E-state index in [-0.39, 0.29) is 12.4 Å². The monoisotopic (exact) mass is 373 g/mol. The number of nitrogens with zero attached hydrogens (tertiary/aromatic N) is 2. The van der Waals surface area contributed by atoms with Crippen LogP contribution >= 0.6 is 12.4 Å². The average Bonchev–Trinajstić information content (AvgIpc) is 3.09. The number of nitrogens with one attached hydrogen (secondary N) is 1. The van der Waals surface area contributed by atoms with Crippen molar-refractivity contribution in [3.05, 3.63) is 29.8 Å². The van der Waals surface area contributed by atoms with E-state index in [1.165, 1.54) is 12.0 Å². The average molecular weight is 374 g/mol. The van der Waals surface area contributed by atoms with Crippen molar-refractivity contribution in [3.63, 3.8) is 0 Å². The highest BCUT2D eigenvalue weighted by molar-refractivity contribution is 7.89. The number of halogens is 1. The first-order valence-electron chi connectivity index (χ1n) is 8.53. The molecule has 0 aromatic heterocycles. The maximum Gasteiger partial charge on any atom is 0.243 e. The summed E-state index contributed by atoms with van der Waals surface area (Å²) < 4.78 is 27.2. The molecule has 0 radical (unpaired) electrons. The molecule has 2 fully saturated rings. The van der Waals surface area contributed by atoms with Gasteiger partial charge in [-0.25, -0.2) is 8.42 Å². The second-order valence-electron chi connectivity index (χ2n) is 6.81. The summed E-state index contributed by atoms with van der Waals surface area (Å²) in [4.78, 5) is 2.84. The molecule has 2 heterocycles. The van der Waals surface area contributed by atoms with Gasteiger partial charge in [0.25, 0.3) is 0 Å². The highest BCUT2D eigenvalue weighted by Crippen LogP contribution is 2.22. The topological polar surface area (TPSA) is 52.7 Å². The van der Waals surface area contributed by atoms with Crippen LogP contribution in [0.2, 0.25) is 0 Å². The number of hydrogen-bond acceptors (Lipinski definition) is 4. The summed E-state index contributed by atoms with van der Waals surface area (Å²) in [5.41, 5.74) is 1.17. The van der Waals surface area contributed by atoms with Crippen LogP contribution in [-0.2, 0) is 10.0 Å². The van der Waals surface area contributed by atoms with Crippen molar-refractivity contribution in [1.29, 1.82) is 0 Å². The molecule has 7 heteroatoms. The molecule has 24 heavy (non-hydrogen) atoms. The molecule has 1 aromatic carbocycles. The third-order valence-corrected chi connectivity index (χ3v) is 6.92. The van der Waals surface area contributed by atoms with Crippen LogP contribution in [0.15, 0.2) is 29.2 Å². The van der Waals surface area contributed by atoms with E-state index >= 15 is 0 Å². The molecule has 1 unspecified atom stereocenters. The lowest BCUT2D eigenvalue weighted by Crippen LogP contribution is -2.52. The number of rotatable bonds is 4. The van der Waals surface area contributed by atoms with Crippen molar-refractivity contribution in [2.45, 2.75) is 37.1 Å². The van der Waals surface area contributed by atoms with Crippen molar-refractivity contribution in [2.75, 3.05) is 39.3 Å². The van der Waals surface area contributed by atoms with Crippen LogP contribution in [0.1, 0.15) is 31.7 Å². The van der Waals surface area contributed by atoms with E-state index in [1.807, 2.05) is 12.1 Å².